The number of thioether (sulfide) groups is 1. The highest BCUT2D eigenvalue weighted by atomic mass is 32.2. The lowest BCUT2D eigenvalue weighted by Gasteiger charge is -2.22. The molecule has 1 aliphatic heterocycles. The van der Waals surface area contributed by atoms with E-state index in [1.165, 1.54) is 24.3 Å². The number of carbonyl (C=O) groups is 1. The van der Waals surface area contributed by atoms with E-state index < -0.39 is 0 Å². The molecule has 4 heteroatoms. The van der Waals surface area contributed by atoms with Crippen LogP contribution in [0.15, 0.2) is 0 Å². The summed E-state index contributed by atoms with van der Waals surface area (Å²) in [6.45, 7) is 7.48. The topological polar surface area (TPSA) is 38.3 Å². The van der Waals surface area contributed by atoms with Crippen LogP contribution in [-0.4, -0.2) is 36.2 Å². The van der Waals surface area contributed by atoms with Crippen LogP contribution in [0.1, 0.15) is 40.0 Å². The molecule has 1 saturated heterocycles. The summed E-state index contributed by atoms with van der Waals surface area (Å²) in [4.78, 5) is 11.4. The van der Waals surface area contributed by atoms with Crippen LogP contribution in [0.3, 0.4) is 0 Å². The van der Waals surface area contributed by atoms with Gasteiger partial charge in [-0.25, -0.2) is 0 Å². The Labute approximate surface area is 109 Å². The third kappa shape index (κ3) is 7.66. The van der Waals surface area contributed by atoms with Crippen molar-refractivity contribution < 1.29 is 9.53 Å². The average Bonchev–Trinajstić information content (AvgIpc) is 2.23. The van der Waals surface area contributed by atoms with Crippen molar-refractivity contribution >= 4 is 17.7 Å². The molecule has 0 aliphatic carbocycles. The third-order valence-electron chi connectivity index (χ3n) is 2.70. The number of ether oxygens (including phenoxy) is 1. The molecule has 0 aromatic carbocycles. The van der Waals surface area contributed by atoms with E-state index >= 15 is 0 Å². The van der Waals surface area contributed by atoms with Gasteiger partial charge in [-0.15, -0.1) is 0 Å². The smallest absolute Gasteiger partial charge is 0.307 e. The summed E-state index contributed by atoms with van der Waals surface area (Å²) in [5.74, 6) is 3.27. The second-order valence-electron chi connectivity index (χ2n) is 5.60. The van der Waals surface area contributed by atoms with Crippen LogP contribution in [-0.2, 0) is 9.53 Å². The predicted molar refractivity (Wildman–Crippen MR) is 73.4 cm³/mol. The zero-order chi connectivity index (χ0) is 12.7. The molecule has 1 fully saturated rings. The minimum atomic E-state index is -0.363. The van der Waals surface area contributed by atoms with Crippen molar-refractivity contribution in [3.05, 3.63) is 0 Å². The first-order valence-electron chi connectivity index (χ1n) is 6.48. The Hall–Kier alpha value is -0.220. The van der Waals surface area contributed by atoms with E-state index in [0.29, 0.717) is 6.42 Å². The van der Waals surface area contributed by atoms with Crippen LogP contribution in [0, 0.1) is 5.92 Å². The Bertz CT molecular complexity index is 232. The predicted octanol–water partition coefficient (Wildman–Crippen LogP) is 2.45. The molecule has 0 amide bonds. The Kier molecular flexibility index (Phi) is 6.34. The largest absolute Gasteiger partial charge is 0.460 e. The van der Waals surface area contributed by atoms with Crippen molar-refractivity contribution in [1.29, 1.82) is 0 Å². The lowest BCUT2D eigenvalue weighted by Crippen LogP contribution is -2.30. The van der Waals surface area contributed by atoms with Gasteiger partial charge in [-0.2, -0.15) is 11.8 Å². The van der Waals surface area contributed by atoms with Crippen molar-refractivity contribution in [2.45, 2.75) is 45.6 Å². The summed E-state index contributed by atoms with van der Waals surface area (Å²) >= 11 is 2.05. The summed E-state index contributed by atoms with van der Waals surface area (Å²) in [5.41, 5.74) is -0.363. The van der Waals surface area contributed by atoms with Gasteiger partial charge in [0.25, 0.3) is 0 Å². The van der Waals surface area contributed by atoms with Gasteiger partial charge >= 0.3 is 5.97 Å². The van der Waals surface area contributed by atoms with E-state index in [1.54, 1.807) is 0 Å². The van der Waals surface area contributed by atoms with Crippen molar-refractivity contribution in [3.8, 4) is 0 Å². The second-order valence-corrected chi connectivity index (χ2v) is 6.82. The number of hydrogen-bond donors (Lipinski definition) is 1. The zero-order valence-electron chi connectivity index (χ0n) is 11.3. The summed E-state index contributed by atoms with van der Waals surface area (Å²) in [6.07, 6.45) is 3.09. The molecule has 0 aromatic rings. The van der Waals surface area contributed by atoms with E-state index in [1.807, 2.05) is 32.5 Å². The highest BCUT2D eigenvalue weighted by Crippen LogP contribution is 2.21. The van der Waals surface area contributed by atoms with Crippen LogP contribution in [0.4, 0.5) is 0 Å². The first kappa shape index (κ1) is 14.8. The average molecular weight is 259 g/mol. The lowest BCUT2D eigenvalue weighted by molar-refractivity contribution is -0.154. The minimum Gasteiger partial charge on any atom is -0.460 e. The maximum atomic E-state index is 11.4. The first-order chi connectivity index (χ1) is 7.97. The van der Waals surface area contributed by atoms with Gasteiger partial charge in [-0.3, -0.25) is 4.79 Å². The molecule has 0 bridgehead atoms. The van der Waals surface area contributed by atoms with Gasteiger partial charge in [0.05, 0.1) is 6.42 Å². The molecule has 0 spiro atoms. The fourth-order valence-electron chi connectivity index (χ4n) is 1.84. The monoisotopic (exact) mass is 259 g/mol. The van der Waals surface area contributed by atoms with Crippen molar-refractivity contribution in [2.24, 2.45) is 5.92 Å². The normalized spacial score (nSPS) is 18.1. The molecular weight excluding hydrogens is 234 g/mol. The standard InChI is InChI=1S/C13H25NO2S/c1-13(2,3)16-12(15)4-7-14-10-11-5-8-17-9-6-11/h11,14H,4-10H2,1-3H3. The maximum Gasteiger partial charge on any atom is 0.307 e. The summed E-state index contributed by atoms with van der Waals surface area (Å²) < 4.78 is 5.25. The van der Waals surface area contributed by atoms with Gasteiger partial charge in [0.2, 0.25) is 0 Å². The fourth-order valence-corrected chi connectivity index (χ4v) is 3.04. The van der Waals surface area contributed by atoms with Crippen LogP contribution in [0.2, 0.25) is 0 Å². The summed E-state index contributed by atoms with van der Waals surface area (Å²) in [6, 6.07) is 0. The van der Waals surface area contributed by atoms with E-state index in [4.69, 9.17) is 4.74 Å². The number of hydrogen-bond acceptors (Lipinski definition) is 4. The number of nitrogens with one attached hydrogen (secondary N) is 1. The number of esters is 1. The molecular formula is C13H25NO2S. The summed E-state index contributed by atoms with van der Waals surface area (Å²) in [7, 11) is 0. The van der Waals surface area contributed by atoms with Crippen molar-refractivity contribution in [2.75, 3.05) is 24.6 Å². The Morgan fingerprint density at radius 1 is 1.35 bits per heavy atom. The molecule has 100 valence electrons. The van der Waals surface area contributed by atoms with Crippen LogP contribution < -0.4 is 5.32 Å². The molecule has 1 heterocycles. The fraction of sp³-hybridized carbons (Fsp3) is 0.923. The molecule has 3 nitrogen and oxygen atoms in total. The molecule has 1 aliphatic rings. The molecule has 0 aromatic heterocycles. The molecule has 1 rings (SSSR count). The summed E-state index contributed by atoms with van der Waals surface area (Å²) in [5, 5.41) is 3.36. The molecule has 0 unspecified atom stereocenters. The van der Waals surface area contributed by atoms with E-state index in [2.05, 4.69) is 5.32 Å². The highest BCUT2D eigenvalue weighted by Gasteiger charge is 2.16. The third-order valence-corrected chi connectivity index (χ3v) is 3.75. The molecule has 17 heavy (non-hydrogen) atoms. The maximum absolute atomic E-state index is 11.4. The number of rotatable bonds is 5. The van der Waals surface area contributed by atoms with Gasteiger partial charge in [0.1, 0.15) is 5.60 Å². The van der Waals surface area contributed by atoms with Gasteiger partial charge in [0.15, 0.2) is 0 Å². The quantitative estimate of drug-likeness (QED) is 0.608. The lowest BCUT2D eigenvalue weighted by atomic mass is 10.0. The SMILES string of the molecule is CC(C)(C)OC(=O)CCNCC1CCSCC1. The molecule has 0 saturated carbocycles. The van der Waals surface area contributed by atoms with Gasteiger partial charge in [0, 0.05) is 6.54 Å². The molecule has 1 N–H and O–H groups in total. The zero-order valence-corrected chi connectivity index (χ0v) is 12.1. The highest BCUT2D eigenvalue weighted by molar-refractivity contribution is 7.99. The minimum absolute atomic E-state index is 0.107. The van der Waals surface area contributed by atoms with Gasteiger partial charge < -0.3 is 10.1 Å². The van der Waals surface area contributed by atoms with Crippen molar-refractivity contribution in [1.82, 2.24) is 5.32 Å². The van der Waals surface area contributed by atoms with E-state index in [-0.39, 0.29) is 11.6 Å². The molecule has 0 atom stereocenters. The van der Waals surface area contributed by atoms with Gasteiger partial charge in [-0.05, 0) is 57.6 Å². The van der Waals surface area contributed by atoms with Crippen LogP contribution >= 0.6 is 11.8 Å². The first-order valence-corrected chi connectivity index (χ1v) is 7.63. The van der Waals surface area contributed by atoms with Crippen LogP contribution in [0.25, 0.3) is 0 Å². The Morgan fingerprint density at radius 3 is 2.59 bits per heavy atom. The van der Waals surface area contributed by atoms with Gasteiger partial charge in [-0.1, -0.05) is 0 Å². The number of carbonyl (C=O) groups excluding carboxylic acids is 1. The second kappa shape index (κ2) is 7.27. The van der Waals surface area contributed by atoms with E-state index in [0.717, 1.165) is 19.0 Å². The van der Waals surface area contributed by atoms with Crippen LogP contribution in [0.5, 0.6) is 0 Å². The van der Waals surface area contributed by atoms with Crippen molar-refractivity contribution in [3.63, 3.8) is 0 Å². The van der Waals surface area contributed by atoms with E-state index in [9.17, 15) is 4.79 Å². The Morgan fingerprint density at radius 2 is 2.00 bits per heavy atom. The Balaban J connectivity index is 2.01. The molecule has 0 radical (unpaired) electrons.